The summed E-state index contributed by atoms with van der Waals surface area (Å²) in [5, 5.41) is 4.91. The number of hydrogen-bond acceptors (Lipinski definition) is 7. The molecule has 0 bridgehead atoms. The zero-order chi connectivity index (χ0) is 19.8. The summed E-state index contributed by atoms with van der Waals surface area (Å²) in [6.07, 6.45) is 2.20. The van der Waals surface area contributed by atoms with Crippen LogP contribution in [0, 0.1) is 0 Å². The first-order chi connectivity index (χ1) is 14.2. The normalized spacial score (nSPS) is 11.2. The van der Waals surface area contributed by atoms with Crippen LogP contribution in [-0.2, 0) is 11.2 Å². The van der Waals surface area contributed by atoms with E-state index in [9.17, 15) is 4.79 Å². The first-order valence-electron chi connectivity index (χ1n) is 8.82. The number of amides is 1. The number of fused-ring (bicyclic) bond motifs is 2. The molecular formula is C20H15N5O2S2. The van der Waals surface area contributed by atoms with Gasteiger partial charge in [0.05, 0.1) is 36.6 Å². The number of nitrogens with one attached hydrogen (secondary N) is 1. The zero-order valence-corrected chi connectivity index (χ0v) is 17.0. The minimum Gasteiger partial charge on any atom is -0.497 e. The summed E-state index contributed by atoms with van der Waals surface area (Å²) in [6.45, 7) is 0. The average Bonchev–Trinajstić information content (AvgIpc) is 3.45. The van der Waals surface area contributed by atoms with E-state index in [0.29, 0.717) is 11.2 Å². The molecule has 7 nitrogen and oxygen atoms in total. The van der Waals surface area contributed by atoms with E-state index >= 15 is 0 Å². The van der Waals surface area contributed by atoms with Gasteiger partial charge in [-0.3, -0.25) is 9.20 Å². The number of imidazole rings is 1. The maximum absolute atomic E-state index is 12.6. The van der Waals surface area contributed by atoms with Crippen molar-refractivity contribution < 1.29 is 9.53 Å². The van der Waals surface area contributed by atoms with Crippen LogP contribution in [0.3, 0.4) is 0 Å². The molecular weight excluding hydrogens is 406 g/mol. The van der Waals surface area contributed by atoms with Gasteiger partial charge in [0.25, 0.3) is 0 Å². The number of anilines is 1. The molecule has 0 aliphatic carbocycles. The Morgan fingerprint density at radius 2 is 2.03 bits per heavy atom. The fourth-order valence-electron chi connectivity index (χ4n) is 3.12. The van der Waals surface area contributed by atoms with Crippen molar-refractivity contribution >= 4 is 50.7 Å². The van der Waals surface area contributed by atoms with E-state index in [-0.39, 0.29) is 12.3 Å². The van der Waals surface area contributed by atoms with E-state index < -0.39 is 0 Å². The van der Waals surface area contributed by atoms with Crippen molar-refractivity contribution in [2.24, 2.45) is 0 Å². The molecule has 0 spiro atoms. The molecule has 5 rings (SSSR count). The third kappa shape index (κ3) is 3.34. The number of methoxy groups -OCH3 is 1. The summed E-state index contributed by atoms with van der Waals surface area (Å²) < 4.78 is 15.6. The topological polar surface area (TPSA) is 81.4 Å². The Balaban J connectivity index is 1.38. The summed E-state index contributed by atoms with van der Waals surface area (Å²) in [7, 11) is 1.64. The lowest BCUT2D eigenvalue weighted by atomic mass is 10.2. The van der Waals surface area contributed by atoms with Crippen molar-refractivity contribution in [3.63, 3.8) is 0 Å². The highest BCUT2D eigenvalue weighted by atomic mass is 32.1. The number of aromatic nitrogens is 4. The first kappa shape index (κ1) is 17.8. The molecule has 0 saturated heterocycles. The third-order valence-electron chi connectivity index (χ3n) is 4.57. The number of thiazole rings is 1. The van der Waals surface area contributed by atoms with Gasteiger partial charge >= 0.3 is 0 Å². The summed E-state index contributed by atoms with van der Waals surface area (Å²) in [5.74, 6) is 0.697. The Morgan fingerprint density at radius 1 is 1.17 bits per heavy atom. The lowest BCUT2D eigenvalue weighted by molar-refractivity contribution is -0.115. The second-order valence-corrected chi connectivity index (χ2v) is 7.76. The molecule has 0 radical (unpaired) electrons. The number of hydrogen-bond donors (Lipinski definition) is 1. The van der Waals surface area contributed by atoms with Crippen LogP contribution in [0.5, 0.6) is 5.75 Å². The zero-order valence-electron chi connectivity index (χ0n) is 15.3. The Hall–Kier alpha value is -3.30. The number of rotatable bonds is 5. The second kappa shape index (κ2) is 7.26. The summed E-state index contributed by atoms with van der Waals surface area (Å²) in [6, 6.07) is 13.3. The lowest BCUT2D eigenvalue weighted by Gasteiger charge is -2.05. The lowest BCUT2D eigenvalue weighted by Crippen LogP contribution is -2.15. The molecule has 29 heavy (non-hydrogen) atoms. The van der Waals surface area contributed by atoms with Crippen molar-refractivity contribution in [3.05, 3.63) is 59.7 Å². The van der Waals surface area contributed by atoms with E-state index in [2.05, 4.69) is 19.0 Å². The van der Waals surface area contributed by atoms with Crippen LogP contribution in [0.4, 0.5) is 5.69 Å². The predicted molar refractivity (Wildman–Crippen MR) is 115 cm³/mol. The number of carbonyl (C=O) groups excluding carboxylic acids is 1. The molecule has 0 aliphatic rings. The third-order valence-corrected chi connectivity index (χ3v) is 6.00. The van der Waals surface area contributed by atoms with Crippen LogP contribution in [0.1, 0.15) is 5.69 Å². The SMILES string of the molecule is COc1ccc(-c2cn3c(CC(=O)Nc4cccc5nsnc45)csc3n2)cc1. The Kier molecular flexibility index (Phi) is 4.45. The van der Waals surface area contributed by atoms with E-state index in [4.69, 9.17) is 4.74 Å². The molecule has 0 atom stereocenters. The molecule has 144 valence electrons. The second-order valence-electron chi connectivity index (χ2n) is 6.40. The minimum atomic E-state index is -0.107. The maximum Gasteiger partial charge on any atom is 0.230 e. The Labute approximate surface area is 173 Å². The Bertz CT molecular complexity index is 1320. The van der Waals surface area contributed by atoms with Gasteiger partial charge < -0.3 is 10.1 Å². The Morgan fingerprint density at radius 3 is 2.86 bits per heavy atom. The summed E-state index contributed by atoms with van der Waals surface area (Å²) >= 11 is 2.65. The summed E-state index contributed by atoms with van der Waals surface area (Å²) in [4.78, 5) is 18.2. The van der Waals surface area contributed by atoms with Gasteiger partial charge in [-0.05, 0) is 36.4 Å². The molecule has 5 aromatic rings. The largest absolute Gasteiger partial charge is 0.497 e. The van der Waals surface area contributed by atoms with Crippen molar-refractivity contribution in [3.8, 4) is 17.0 Å². The van der Waals surface area contributed by atoms with Crippen molar-refractivity contribution in [1.82, 2.24) is 18.1 Å². The van der Waals surface area contributed by atoms with Crippen LogP contribution >= 0.6 is 23.1 Å². The average molecular weight is 422 g/mol. The minimum absolute atomic E-state index is 0.107. The van der Waals surface area contributed by atoms with Crippen LogP contribution < -0.4 is 10.1 Å². The maximum atomic E-state index is 12.6. The van der Waals surface area contributed by atoms with Crippen molar-refractivity contribution in [2.75, 3.05) is 12.4 Å². The molecule has 3 aromatic heterocycles. The highest BCUT2D eigenvalue weighted by Gasteiger charge is 2.14. The van der Waals surface area contributed by atoms with Gasteiger partial charge in [0, 0.05) is 22.8 Å². The van der Waals surface area contributed by atoms with Gasteiger partial charge in [0.1, 0.15) is 16.8 Å². The molecule has 1 N–H and O–H groups in total. The summed E-state index contributed by atoms with van der Waals surface area (Å²) in [5.41, 5.74) is 4.92. The quantitative estimate of drug-likeness (QED) is 0.459. The predicted octanol–water partition coefficient (Wildman–Crippen LogP) is 4.26. The monoisotopic (exact) mass is 421 g/mol. The van der Waals surface area contributed by atoms with Crippen LogP contribution in [0.15, 0.2) is 54.0 Å². The first-order valence-corrected chi connectivity index (χ1v) is 10.4. The van der Waals surface area contributed by atoms with Gasteiger partial charge in [-0.25, -0.2) is 4.98 Å². The van der Waals surface area contributed by atoms with Crippen LogP contribution in [0.2, 0.25) is 0 Å². The highest BCUT2D eigenvalue weighted by Crippen LogP contribution is 2.26. The van der Waals surface area contributed by atoms with E-state index in [1.165, 1.54) is 11.3 Å². The molecule has 0 fully saturated rings. The number of nitrogens with zero attached hydrogens (tertiary/aromatic N) is 4. The van der Waals surface area contributed by atoms with E-state index in [1.54, 1.807) is 7.11 Å². The van der Waals surface area contributed by atoms with Crippen molar-refractivity contribution in [2.45, 2.75) is 6.42 Å². The van der Waals surface area contributed by atoms with Gasteiger partial charge in [0.2, 0.25) is 5.91 Å². The van der Waals surface area contributed by atoms with Gasteiger partial charge in [-0.1, -0.05) is 6.07 Å². The smallest absolute Gasteiger partial charge is 0.230 e. The molecule has 2 aromatic carbocycles. The molecule has 1 amide bonds. The molecule has 3 heterocycles. The molecule has 0 aliphatic heterocycles. The number of ether oxygens (including phenoxy) is 1. The highest BCUT2D eigenvalue weighted by molar-refractivity contribution is 7.15. The standard InChI is InChI=1S/C20H15N5O2S2/c1-27-14-7-5-12(6-8-14)17-10-25-13(11-28-20(25)22-17)9-18(26)21-15-3-2-4-16-19(15)24-29-23-16/h2-8,10-11H,9H2,1H3,(H,21,26). The van der Waals surface area contributed by atoms with Crippen LogP contribution in [-0.4, -0.2) is 31.1 Å². The van der Waals surface area contributed by atoms with Crippen molar-refractivity contribution in [1.29, 1.82) is 0 Å². The number of carbonyl (C=O) groups is 1. The number of benzene rings is 2. The van der Waals surface area contributed by atoms with E-state index in [1.807, 2.05) is 58.4 Å². The fourth-order valence-corrected chi connectivity index (χ4v) is 4.55. The molecule has 0 unspecified atom stereocenters. The van der Waals surface area contributed by atoms with E-state index in [0.717, 1.165) is 44.9 Å². The van der Waals surface area contributed by atoms with Gasteiger partial charge in [0.15, 0.2) is 4.96 Å². The molecule has 9 heteroatoms. The van der Waals surface area contributed by atoms with Crippen LogP contribution in [0.25, 0.3) is 27.3 Å². The fraction of sp³-hybridized carbons (Fsp3) is 0.100. The van der Waals surface area contributed by atoms with Gasteiger partial charge in [-0.2, -0.15) is 8.75 Å². The van der Waals surface area contributed by atoms with Gasteiger partial charge in [-0.15, -0.1) is 11.3 Å². The molecule has 0 saturated carbocycles.